The van der Waals surface area contributed by atoms with E-state index in [1.165, 1.54) is 18.2 Å². The normalized spacial score (nSPS) is 13.8. The van der Waals surface area contributed by atoms with Crippen LogP contribution in [-0.2, 0) is 32.8 Å². The van der Waals surface area contributed by atoms with Crippen LogP contribution in [0.1, 0.15) is 126 Å². The third-order valence-electron chi connectivity index (χ3n) is 10.1. The zero-order chi connectivity index (χ0) is 43.5. The Hall–Kier alpha value is -4.98. The molecule has 15 nitrogen and oxygen atoms in total. The fourth-order valence-corrected chi connectivity index (χ4v) is 8.49. The van der Waals surface area contributed by atoms with Gasteiger partial charge < -0.3 is 38.6 Å². The summed E-state index contributed by atoms with van der Waals surface area (Å²) in [6, 6.07) is 13.7. The lowest BCUT2D eigenvalue weighted by atomic mass is 9.90. The molecule has 1 aliphatic heterocycles. The number of amides is 4. The second kappa shape index (κ2) is 24.3. The molecule has 60 heavy (non-hydrogen) atoms. The van der Waals surface area contributed by atoms with Crippen molar-refractivity contribution in [2.45, 2.75) is 111 Å². The molecule has 1 aromatic heterocycles. The first-order valence-electron chi connectivity index (χ1n) is 21.2. The minimum Gasteiger partial charge on any atom is -0.494 e. The van der Waals surface area contributed by atoms with Gasteiger partial charge in [-0.2, -0.15) is 5.06 Å². The molecule has 4 amide bonds. The van der Waals surface area contributed by atoms with Gasteiger partial charge in [-0.1, -0.05) is 59.8 Å². The number of carbonyl (C=O) groups excluding carboxylic acids is 5. The summed E-state index contributed by atoms with van der Waals surface area (Å²) in [4.78, 5) is 71.8. The van der Waals surface area contributed by atoms with Crippen LogP contribution < -0.4 is 25.6 Å². The van der Waals surface area contributed by atoms with Crippen LogP contribution in [0, 0.1) is 5.92 Å². The van der Waals surface area contributed by atoms with Crippen molar-refractivity contribution in [1.29, 1.82) is 0 Å². The molecule has 1 saturated heterocycles. The van der Waals surface area contributed by atoms with Gasteiger partial charge in [0.25, 0.3) is 5.91 Å². The second-order valence-electron chi connectivity index (χ2n) is 14.5. The largest absolute Gasteiger partial charge is 0.494 e. The van der Waals surface area contributed by atoms with E-state index in [0.29, 0.717) is 86.2 Å². The Morgan fingerprint density at radius 2 is 1.60 bits per heavy atom. The van der Waals surface area contributed by atoms with Gasteiger partial charge in [-0.05, 0) is 93.6 Å². The monoisotopic (exact) mass is 852 g/mol. The molecule has 328 valence electrons. The molecular formula is C44H61N4O11P. The number of carbonyl (C=O) groups is 5. The number of nitrogens with zero attached hydrogens (tertiary/aromatic N) is 2. The Kier molecular flexibility index (Phi) is 19.3. The summed E-state index contributed by atoms with van der Waals surface area (Å²) in [5.74, 6) is -1.86. The third-order valence-corrected chi connectivity index (χ3v) is 12.0. The summed E-state index contributed by atoms with van der Waals surface area (Å²) in [6.45, 7) is 10.9. The van der Waals surface area contributed by atoms with Gasteiger partial charge in [0.1, 0.15) is 11.5 Å². The van der Waals surface area contributed by atoms with E-state index in [1.807, 2.05) is 27.7 Å². The maximum atomic E-state index is 14.1. The van der Waals surface area contributed by atoms with Crippen molar-refractivity contribution in [2.24, 2.45) is 5.92 Å². The number of anilines is 1. The van der Waals surface area contributed by atoms with Crippen LogP contribution in [0.3, 0.4) is 0 Å². The predicted molar refractivity (Wildman–Crippen MR) is 228 cm³/mol. The van der Waals surface area contributed by atoms with Gasteiger partial charge >= 0.3 is 13.6 Å². The first-order valence-corrected chi connectivity index (χ1v) is 22.8. The molecule has 0 aliphatic carbocycles. The van der Waals surface area contributed by atoms with E-state index in [1.54, 1.807) is 48.2 Å². The fraction of sp³-hybridized carbons (Fsp3) is 0.523. The lowest BCUT2D eigenvalue weighted by Gasteiger charge is -2.31. The molecule has 2 heterocycles. The maximum absolute atomic E-state index is 14.1. The lowest BCUT2D eigenvalue weighted by Crippen LogP contribution is -2.49. The molecule has 0 spiro atoms. The highest BCUT2D eigenvalue weighted by Crippen LogP contribution is 2.49. The summed E-state index contributed by atoms with van der Waals surface area (Å²) in [7, 11) is -3.73. The Balaban J connectivity index is 1.44. The van der Waals surface area contributed by atoms with Gasteiger partial charge in [-0.3, -0.25) is 23.7 Å². The Morgan fingerprint density at radius 3 is 2.20 bits per heavy atom. The van der Waals surface area contributed by atoms with E-state index in [0.717, 1.165) is 37.2 Å². The molecule has 0 unspecified atom stereocenters. The van der Waals surface area contributed by atoms with E-state index in [2.05, 4.69) is 10.6 Å². The molecule has 1 aliphatic rings. The number of hydrogen-bond acceptors (Lipinski definition) is 11. The van der Waals surface area contributed by atoms with Gasteiger partial charge in [-0.25, -0.2) is 4.79 Å². The standard InChI is InChI=1S/C44H61N4O11P/c1-6-11-14-16-37(38(9-4)48(31-49)59-44(53)32-18-20-34(21-19-32)47-24-15-17-41(47)50)42(51)45-30-46-43(52)40-23-22-39(58-40)33-27-35(55-10-5)29-36(28-33)60(54,56-25-12-7-2)57-26-13-8-3/h18-23,27-29,31,37-38H,6-17,24-26,30H2,1-5H3,(H,45,51)(H,46,52)/t37-,38-/m1/s1. The molecule has 4 rings (SSSR count). The van der Waals surface area contributed by atoms with E-state index >= 15 is 0 Å². The number of ether oxygens (including phenoxy) is 1. The van der Waals surface area contributed by atoms with Crippen molar-refractivity contribution in [3.63, 3.8) is 0 Å². The fourth-order valence-electron chi connectivity index (χ4n) is 6.79. The summed E-state index contributed by atoms with van der Waals surface area (Å²) < 4.78 is 37.6. The van der Waals surface area contributed by atoms with E-state index in [4.69, 9.17) is 23.0 Å². The molecule has 1 fully saturated rings. The molecule has 2 N–H and O–H groups in total. The van der Waals surface area contributed by atoms with Gasteiger partial charge in [-0.15, -0.1) is 0 Å². The second-order valence-corrected chi connectivity index (χ2v) is 16.6. The van der Waals surface area contributed by atoms with Gasteiger partial charge in [0, 0.05) is 24.2 Å². The van der Waals surface area contributed by atoms with Crippen molar-refractivity contribution < 1.29 is 51.6 Å². The average molecular weight is 853 g/mol. The summed E-state index contributed by atoms with van der Waals surface area (Å²) in [5.41, 5.74) is 1.35. The molecule has 2 atom stereocenters. The van der Waals surface area contributed by atoms with Crippen LogP contribution in [0.15, 0.2) is 59.0 Å². The first-order chi connectivity index (χ1) is 29.0. The lowest BCUT2D eigenvalue weighted by molar-refractivity contribution is -0.171. The molecule has 0 bridgehead atoms. The Bertz CT molecular complexity index is 1900. The summed E-state index contributed by atoms with van der Waals surface area (Å²) in [5, 5.41) is 6.60. The predicted octanol–water partition coefficient (Wildman–Crippen LogP) is 7.93. The van der Waals surface area contributed by atoms with Crippen molar-refractivity contribution in [2.75, 3.05) is 37.9 Å². The molecule has 16 heteroatoms. The Labute approximate surface area is 353 Å². The molecule has 0 radical (unpaired) electrons. The van der Waals surface area contributed by atoms with Crippen LogP contribution >= 0.6 is 7.60 Å². The number of nitrogens with one attached hydrogen (secondary N) is 2. The minimum absolute atomic E-state index is 0.0198. The van der Waals surface area contributed by atoms with Crippen molar-refractivity contribution in [3.8, 4) is 17.1 Å². The molecular weight excluding hydrogens is 791 g/mol. The van der Waals surface area contributed by atoms with Gasteiger partial charge in [0.15, 0.2) is 5.76 Å². The average Bonchev–Trinajstić information content (AvgIpc) is 3.93. The smallest absolute Gasteiger partial charge is 0.363 e. The van der Waals surface area contributed by atoms with Gasteiger partial charge in [0.05, 0.1) is 49.3 Å². The number of hydroxylamine groups is 2. The zero-order valence-corrected chi connectivity index (χ0v) is 36.5. The van der Waals surface area contributed by atoms with E-state index < -0.39 is 37.3 Å². The number of rotatable bonds is 27. The molecule has 3 aromatic rings. The highest BCUT2D eigenvalue weighted by molar-refractivity contribution is 7.62. The number of unbranched alkanes of at least 4 members (excludes halogenated alkanes) is 4. The summed E-state index contributed by atoms with van der Waals surface area (Å²) in [6.07, 6.45) is 7.89. The SMILES string of the molecule is CCCCC[C@@H](C(=O)NCNC(=O)c1ccc(-c2cc(OCC)cc(P(=O)(OCCCC)OCCCC)c2)o1)[C@@H](CC)N(C=O)OC(=O)c1ccc(N2CCCC2=O)cc1. The Morgan fingerprint density at radius 1 is 0.900 bits per heavy atom. The van der Waals surface area contributed by atoms with E-state index in [9.17, 15) is 28.5 Å². The summed E-state index contributed by atoms with van der Waals surface area (Å²) >= 11 is 0. The van der Waals surface area contributed by atoms with Crippen LogP contribution in [-0.4, -0.2) is 74.2 Å². The number of benzene rings is 2. The van der Waals surface area contributed by atoms with Gasteiger partial charge in [0.2, 0.25) is 18.2 Å². The van der Waals surface area contributed by atoms with Crippen molar-refractivity contribution in [3.05, 3.63) is 65.9 Å². The van der Waals surface area contributed by atoms with Crippen LogP contribution in [0.5, 0.6) is 5.75 Å². The van der Waals surface area contributed by atoms with Crippen molar-refractivity contribution >= 4 is 48.7 Å². The zero-order valence-electron chi connectivity index (χ0n) is 35.6. The van der Waals surface area contributed by atoms with E-state index in [-0.39, 0.29) is 37.1 Å². The van der Waals surface area contributed by atoms with Crippen LogP contribution in [0.25, 0.3) is 11.3 Å². The third kappa shape index (κ3) is 13.3. The van der Waals surface area contributed by atoms with Crippen LogP contribution in [0.2, 0.25) is 0 Å². The molecule has 2 aromatic carbocycles. The topological polar surface area (TPSA) is 183 Å². The van der Waals surface area contributed by atoms with Crippen LogP contribution in [0.4, 0.5) is 5.69 Å². The minimum atomic E-state index is -3.73. The number of furan rings is 1. The maximum Gasteiger partial charge on any atom is 0.363 e. The highest BCUT2D eigenvalue weighted by Gasteiger charge is 2.34. The quantitative estimate of drug-likeness (QED) is 0.0250. The molecule has 0 saturated carbocycles. The highest BCUT2D eigenvalue weighted by atomic mass is 31.2. The first kappa shape index (κ1) is 47.7. The number of hydrogen-bond donors (Lipinski definition) is 2. The van der Waals surface area contributed by atoms with Crippen molar-refractivity contribution in [1.82, 2.24) is 15.7 Å².